The summed E-state index contributed by atoms with van der Waals surface area (Å²) in [5.41, 5.74) is 4.23. The van der Waals surface area contributed by atoms with Gasteiger partial charge in [0.05, 0.1) is 6.61 Å². The average Bonchev–Trinajstić information content (AvgIpc) is 2.46. The summed E-state index contributed by atoms with van der Waals surface area (Å²) < 4.78 is 13.2. The molecule has 0 bridgehead atoms. The average molecular weight is 257 g/mol. The van der Waals surface area contributed by atoms with Crippen LogP contribution in [0.3, 0.4) is 0 Å². The number of hydrogen-bond acceptors (Lipinski definition) is 2. The topological polar surface area (TPSA) is 32.3 Å². The van der Waals surface area contributed by atoms with E-state index in [0.717, 1.165) is 29.7 Å². The molecule has 0 saturated heterocycles. The van der Waals surface area contributed by atoms with Gasteiger partial charge in [0, 0.05) is 11.7 Å². The summed E-state index contributed by atoms with van der Waals surface area (Å²) in [4.78, 5) is 0. The molecule has 3 rings (SSSR count). The first kappa shape index (κ1) is 12.2. The lowest BCUT2D eigenvalue weighted by Crippen LogP contribution is -2.28. The molecule has 2 aromatic carbocycles. The monoisotopic (exact) mass is 257 g/mol. The van der Waals surface area contributed by atoms with Crippen LogP contribution in [0.15, 0.2) is 42.5 Å². The second kappa shape index (κ2) is 5.02. The Morgan fingerprint density at radius 3 is 2.79 bits per heavy atom. The van der Waals surface area contributed by atoms with Crippen LogP contribution in [-0.2, 0) is 6.42 Å². The molecule has 0 saturated carbocycles. The predicted octanol–water partition coefficient (Wildman–Crippen LogP) is 3.21. The summed E-state index contributed by atoms with van der Waals surface area (Å²) in [7, 11) is 0. The molecule has 1 heterocycles. The van der Waals surface area contributed by atoms with Crippen molar-refractivity contribution < 1.29 is 9.50 Å². The third kappa shape index (κ3) is 2.47. The van der Waals surface area contributed by atoms with Crippen LogP contribution in [0.2, 0.25) is 0 Å². The Balaban J connectivity index is 1.94. The maximum absolute atomic E-state index is 13.2. The quantitative estimate of drug-likeness (QED) is 0.865. The smallest absolute Gasteiger partial charge is 0.123 e. The zero-order valence-corrected chi connectivity index (χ0v) is 10.6. The van der Waals surface area contributed by atoms with Gasteiger partial charge in [0.15, 0.2) is 0 Å². The largest absolute Gasteiger partial charge is 0.394 e. The minimum atomic E-state index is -0.214. The normalized spacial score (nSPS) is 17.7. The van der Waals surface area contributed by atoms with Crippen molar-refractivity contribution >= 4 is 5.69 Å². The molecule has 1 aliphatic rings. The summed E-state index contributed by atoms with van der Waals surface area (Å²) in [6.45, 7) is 0.158. The SMILES string of the molecule is OCC1CCc2cc(-c3cccc(F)c3)ccc2N1. The number of fused-ring (bicyclic) bond motifs is 1. The lowest BCUT2D eigenvalue weighted by atomic mass is 9.94. The minimum Gasteiger partial charge on any atom is -0.394 e. The molecular weight excluding hydrogens is 241 g/mol. The maximum atomic E-state index is 13.2. The van der Waals surface area contributed by atoms with Crippen LogP contribution >= 0.6 is 0 Å². The van der Waals surface area contributed by atoms with E-state index in [4.69, 9.17) is 0 Å². The van der Waals surface area contributed by atoms with Gasteiger partial charge in [0.1, 0.15) is 5.82 Å². The first-order valence-electron chi connectivity index (χ1n) is 6.52. The number of halogens is 1. The number of aliphatic hydroxyl groups excluding tert-OH is 1. The van der Waals surface area contributed by atoms with Crippen LogP contribution in [0.4, 0.5) is 10.1 Å². The molecule has 98 valence electrons. The molecule has 1 atom stereocenters. The minimum absolute atomic E-state index is 0.146. The highest BCUT2D eigenvalue weighted by Gasteiger charge is 2.17. The molecule has 1 unspecified atom stereocenters. The van der Waals surface area contributed by atoms with Crippen molar-refractivity contribution in [3.05, 3.63) is 53.8 Å². The van der Waals surface area contributed by atoms with Crippen LogP contribution in [-0.4, -0.2) is 17.8 Å². The van der Waals surface area contributed by atoms with Gasteiger partial charge in [0.2, 0.25) is 0 Å². The Bertz CT molecular complexity index is 597. The van der Waals surface area contributed by atoms with Gasteiger partial charge in [-0.3, -0.25) is 0 Å². The molecule has 0 amide bonds. The Hall–Kier alpha value is -1.87. The van der Waals surface area contributed by atoms with Gasteiger partial charge in [-0.25, -0.2) is 4.39 Å². The highest BCUT2D eigenvalue weighted by molar-refractivity contribution is 5.69. The molecule has 2 nitrogen and oxygen atoms in total. The molecule has 0 aromatic heterocycles. The van der Waals surface area contributed by atoms with E-state index in [0.29, 0.717) is 0 Å². The van der Waals surface area contributed by atoms with Gasteiger partial charge in [-0.05, 0) is 53.8 Å². The fourth-order valence-corrected chi connectivity index (χ4v) is 2.55. The van der Waals surface area contributed by atoms with Crippen LogP contribution < -0.4 is 5.32 Å². The summed E-state index contributed by atoms with van der Waals surface area (Å²) in [5.74, 6) is -0.214. The molecule has 0 aliphatic carbocycles. The van der Waals surface area contributed by atoms with Crippen molar-refractivity contribution in [2.75, 3.05) is 11.9 Å². The van der Waals surface area contributed by atoms with Gasteiger partial charge < -0.3 is 10.4 Å². The highest BCUT2D eigenvalue weighted by atomic mass is 19.1. The number of hydrogen-bond donors (Lipinski definition) is 2. The van der Waals surface area contributed by atoms with Crippen molar-refractivity contribution in [3.63, 3.8) is 0 Å². The van der Waals surface area contributed by atoms with E-state index >= 15 is 0 Å². The van der Waals surface area contributed by atoms with Crippen LogP contribution in [0, 0.1) is 5.82 Å². The Morgan fingerprint density at radius 2 is 2.00 bits per heavy atom. The first-order chi connectivity index (χ1) is 9.26. The second-order valence-corrected chi connectivity index (χ2v) is 4.94. The van der Waals surface area contributed by atoms with Crippen molar-refractivity contribution in [1.29, 1.82) is 0 Å². The van der Waals surface area contributed by atoms with E-state index in [2.05, 4.69) is 11.4 Å². The van der Waals surface area contributed by atoms with Crippen LogP contribution in [0.1, 0.15) is 12.0 Å². The molecule has 0 fully saturated rings. The maximum Gasteiger partial charge on any atom is 0.123 e. The third-order valence-corrected chi connectivity index (χ3v) is 3.61. The standard InChI is InChI=1S/C16H16FNO/c17-14-3-1-2-11(9-14)12-5-7-16-13(8-12)4-6-15(10-19)18-16/h1-3,5,7-9,15,18-19H,4,6,10H2. The number of aliphatic hydroxyl groups is 1. The van der Waals surface area contributed by atoms with Crippen LogP contribution in [0.25, 0.3) is 11.1 Å². The van der Waals surface area contributed by atoms with E-state index in [9.17, 15) is 9.50 Å². The van der Waals surface area contributed by atoms with Gasteiger partial charge in [0.25, 0.3) is 0 Å². The number of aryl methyl sites for hydroxylation is 1. The molecule has 0 spiro atoms. The van der Waals surface area contributed by atoms with Crippen molar-refractivity contribution in [2.24, 2.45) is 0 Å². The van der Waals surface area contributed by atoms with E-state index in [1.807, 2.05) is 18.2 Å². The summed E-state index contributed by atoms with van der Waals surface area (Å²) in [6.07, 6.45) is 1.87. The molecular formula is C16H16FNO. The van der Waals surface area contributed by atoms with E-state index in [1.165, 1.54) is 11.6 Å². The lowest BCUT2D eigenvalue weighted by molar-refractivity contribution is 0.267. The zero-order chi connectivity index (χ0) is 13.2. The van der Waals surface area contributed by atoms with Crippen molar-refractivity contribution in [2.45, 2.75) is 18.9 Å². The van der Waals surface area contributed by atoms with E-state index in [1.54, 1.807) is 12.1 Å². The van der Waals surface area contributed by atoms with E-state index < -0.39 is 0 Å². The number of nitrogens with one attached hydrogen (secondary N) is 1. The summed E-state index contributed by atoms with van der Waals surface area (Å²) in [5, 5.41) is 12.5. The molecule has 19 heavy (non-hydrogen) atoms. The van der Waals surface area contributed by atoms with Gasteiger partial charge in [-0.2, -0.15) is 0 Å². The Labute approximate surface area is 111 Å². The molecule has 1 aliphatic heterocycles. The van der Waals surface area contributed by atoms with Crippen LogP contribution in [0.5, 0.6) is 0 Å². The lowest BCUT2D eigenvalue weighted by Gasteiger charge is -2.26. The van der Waals surface area contributed by atoms with Gasteiger partial charge >= 0.3 is 0 Å². The highest BCUT2D eigenvalue weighted by Crippen LogP contribution is 2.30. The molecule has 3 heteroatoms. The summed E-state index contributed by atoms with van der Waals surface area (Å²) in [6, 6.07) is 12.9. The zero-order valence-electron chi connectivity index (χ0n) is 10.6. The first-order valence-corrected chi connectivity index (χ1v) is 6.52. The Kier molecular flexibility index (Phi) is 3.22. The molecule has 0 radical (unpaired) electrons. The van der Waals surface area contributed by atoms with Gasteiger partial charge in [-0.15, -0.1) is 0 Å². The number of anilines is 1. The molecule has 2 N–H and O–H groups in total. The van der Waals surface area contributed by atoms with Crippen molar-refractivity contribution in [3.8, 4) is 11.1 Å². The molecule has 2 aromatic rings. The van der Waals surface area contributed by atoms with Gasteiger partial charge in [-0.1, -0.05) is 18.2 Å². The summed E-state index contributed by atoms with van der Waals surface area (Å²) >= 11 is 0. The van der Waals surface area contributed by atoms with Crippen molar-refractivity contribution in [1.82, 2.24) is 0 Å². The Morgan fingerprint density at radius 1 is 1.16 bits per heavy atom. The van der Waals surface area contributed by atoms with E-state index in [-0.39, 0.29) is 18.5 Å². The fourth-order valence-electron chi connectivity index (χ4n) is 2.55. The second-order valence-electron chi connectivity index (χ2n) is 4.94. The fraction of sp³-hybridized carbons (Fsp3) is 0.250. The third-order valence-electron chi connectivity index (χ3n) is 3.61. The predicted molar refractivity (Wildman–Crippen MR) is 74.7 cm³/mol. The number of rotatable bonds is 2. The number of benzene rings is 2.